The summed E-state index contributed by atoms with van der Waals surface area (Å²) >= 11 is 0. The molecule has 3 nitrogen and oxygen atoms in total. The van der Waals surface area contributed by atoms with Crippen LogP contribution in [0, 0.1) is 16.7 Å². The summed E-state index contributed by atoms with van der Waals surface area (Å²) in [5.74, 6) is 0. The first-order valence-electron chi connectivity index (χ1n) is 7.88. The lowest BCUT2D eigenvalue weighted by Crippen LogP contribution is -2.54. The third-order valence-corrected chi connectivity index (χ3v) is 5.05. The zero-order chi connectivity index (χ0) is 13.9. The number of nitrogens with zero attached hydrogens (tertiary/aromatic N) is 2. The van der Waals surface area contributed by atoms with E-state index >= 15 is 0 Å². The van der Waals surface area contributed by atoms with Gasteiger partial charge in [-0.1, -0.05) is 6.42 Å². The molecule has 2 heterocycles. The Balaban J connectivity index is 1.69. The summed E-state index contributed by atoms with van der Waals surface area (Å²) in [5.41, 5.74) is -0.162. The summed E-state index contributed by atoms with van der Waals surface area (Å²) in [6, 6.07) is 4.70. The van der Waals surface area contributed by atoms with Gasteiger partial charge < -0.3 is 10.2 Å². The molecule has 2 atom stereocenters. The number of nitriles is 1. The zero-order valence-electron chi connectivity index (χ0n) is 12.8. The lowest BCUT2D eigenvalue weighted by Gasteiger charge is -2.47. The number of nitrogens with one attached hydrogen (secondary N) is 1. The molecule has 0 saturated carbocycles. The fraction of sp³-hybridized carbons (Fsp3) is 0.938. The van der Waals surface area contributed by atoms with Gasteiger partial charge in [-0.25, -0.2) is 0 Å². The molecule has 2 aliphatic heterocycles. The highest BCUT2D eigenvalue weighted by atomic mass is 15.2. The highest BCUT2D eigenvalue weighted by Crippen LogP contribution is 2.32. The molecule has 2 saturated heterocycles. The summed E-state index contributed by atoms with van der Waals surface area (Å²) < 4.78 is 0. The molecule has 2 aliphatic rings. The molecular formula is C16H29N3. The van der Waals surface area contributed by atoms with E-state index in [1.54, 1.807) is 0 Å². The van der Waals surface area contributed by atoms with Gasteiger partial charge >= 0.3 is 0 Å². The SMILES string of the molecule is CN1C2CCCC1CC(NCCCC(C)(C)C#N)C2. The van der Waals surface area contributed by atoms with Crippen molar-refractivity contribution >= 4 is 0 Å². The Bertz CT molecular complexity index is 317. The quantitative estimate of drug-likeness (QED) is 0.775. The molecule has 2 fully saturated rings. The van der Waals surface area contributed by atoms with Gasteiger partial charge in [-0.05, 0) is 66.0 Å². The number of hydrogen-bond donors (Lipinski definition) is 1. The van der Waals surface area contributed by atoms with E-state index in [1.807, 2.05) is 13.8 Å². The Morgan fingerprint density at radius 3 is 2.47 bits per heavy atom. The third-order valence-electron chi connectivity index (χ3n) is 5.05. The second kappa shape index (κ2) is 6.24. The molecule has 2 unspecified atom stereocenters. The van der Waals surface area contributed by atoms with Crippen LogP contribution in [0.3, 0.4) is 0 Å². The molecule has 0 radical (unpaired) electrons. The van der Waals surface area contributed by atoms with Gasteiger partial charge in [0.15, 0.2) is 0 Å². The lowest BCUT2D eigenvalue weighted by molar-refractivity contribution is 0.0485. The van der Waals surface area contributed by atoms with Gasteiger partial charge in [-0.15, -0.1) is 0 Å². The second-order valence-corrected chi connectivity index (χ2v) is 7.13. The van der Waals surface area contributed by atoms with Crippen LogP contribution >= 0.6 is 0 Å². The largest absolute Gasteiger partial charge is 0.314 e. The van der Waals surface area contributed by atoms with Crippen molar-refractivity contribution < 1.29 is 0 Å². The Morgan fingerprint density at radius 2 is 1.89 bits per heavy atom. The molecule has 2 bridgehead atoms. The molecule has 0 amide bonds. The number of fused-ring (bicyclic) bond motifs is 2. The fourth-order valence-corrected chi connectivity index (χ4v) is 3.67. The van der Waals surface area contributed by atoms with Crippen molar-refractivity contribution in [2.75, 3.05) is 13.6 Å². The van der Waals surface area contributed by atoms with Crippen molar-refractivity contribution in [1.29, 1.82) is 5.26 Å². The average molecular weight is 263 g/mol. The van der Waals surface area contributed by atoms with Gasteiger partial charge in [0.2, 0.25) is 0 Å². The minimum Gasteiger partial charge on any atom is -0.314 e. The lowest BCUT2D eigenvalue weighted by atomic mass is 9.82. The van der Waals surface area contributed by atoms with Crippen molar-refractivity contribution in [2.24, 2.45) is 5.41 Å². The number of piperidine rings is 2. The molecule has 1 N–H and O–H groups in total. The average Bonchev–Trinajstić information content (AvgIpc) is 2.35. The Kier molecular flexibility index (Phi) is 4.86. The summed E-state index contributed by atoms with van der Waals surface area (Å²) in [6.07, 6.45) is 8.92. The van der Waals surface area contributed by atoms with E-state index in [0.29, 0.717) is 6.04 Å². The van der Waals surface area contributed by atoms with Gasteiger partial charge in [0, 0.05) is 18.1 Å². The van der Waals surface area contributed by atoms with E-state index in [-0.39, 0.29) is 5.41 Å². The standard InChI is InChI=1S/C16H29N3/c1-16(2,12-17)8-5-9-18-13-10-14-6-4-7-15(11-13)19(14)3/h13-15,18H,4-11H2,1-3H3. The van der Waals surface area contributed by atoms with Crippen LogP contribution in [0.2, 0.25) is 0 Å². The van der Waals surface area contributed by atoms with E-state index in [0.717, 1.165) is 31.5 Å². The smallest absolute Gasteiger partial charge is 0.0683 e. The normalized spacial score (nSPS) is 32.0. The predicted molar refractivity (Wildman–Crippen MR) is 78.8 cm³/mol. The summed E-state index contributed by atoms with van der Waals surface area (Å²) in [5, 5.41) is 12.7. The molecule has 0 aromatic heterocycles. The maximum absolute atomic E-state index is 9.00. The maximum Gasteiger partial charge on any atom is 0.0683 e. The van der Waals surface area contributed by atoms with Crippen LogP contribution in [0.4, 0.5) is 0 Å². The highest BCUT2D eigenvalue weighted by molar-refractivity contribution is 4.94. The molecule has 108 valence electrons. The fourth-order valence-electron chi connectivity index (χ4n) is 3.67. The molecule has 0 aromatic rings. The predicted octanol–water partition coefficient (Wildman–Crippen LogP) is 2.92. The van der Waals surface area contributed by atoms with E-state index < -0.39 is 0 Å². The molecule has 2 rings (SSSR count). The second-order valence-electron chi connectivity index (χ2n) is 7.13. The van der Waals surface area contributed by atoms with E-state index in [4.69, 9.17) is 5.26 Å². The Hall–Kier alpha value is -0.590. The molecule has 0 spiro atoms. The van der Waals surface area contributed by atoms with Gasteiger partial charge in [-0.3, -0.25) is 0 Å². The van der Waals surface area contributed by atoms with Crippen LogP contribution < -0.4 is 5.32 Å². The molecule has 0 aliphatic carbocycles. The van der Waals surface area contributed by atoms with Crippen LogP contribution in [0.15, 0.2) is 0 Å². The van der Waals surface area contributed by atoms with Gasteiger partial charge in [0.25, 0.3) is 0 Å². The van der Waals surface area contributed by atoms with E-state index in [9.17, 15) is 0 Å². The molecule has 3 heteroatoms. The first kappa shape index (κ1) is 14.8. The molecular weight excluding hydrogens is 234 g/mol. The summed E-state index contributed by atoms with van der Waals surface area (Å²) in [4.78, 5) is 2.61. The van der Waals surface area contributed by atoms with E-state index in [2.05, 4.69) is 23.3 Å². The number of rotatable bonds is 5. The first-order chi connectivity index (χ1) is 9.02. The topological polar surface area (TPSA) is 39.1 Å². The minimum absolute atomic E-state index is 0.162. The first-order valence-corrected chi connectivity index (χ1v) is 7.88. The van der Waals surface area contributed by atoms with Crippen molar-refractivity contribution in [3.8, 4) is 6.07 Å². The van der Waals surface area contributed by atoms with Crippen molar-refractivity contribution in [1.82, 2.24) is 10.2 Å². The molecule has 19 heavy (non-hydrogen) atoms. The van der Waals surface area contributed by atoms with Crippen molar-refractivity contribution in [3.05, 3.63) is 0 Å². The maximum atomic E-state index is 9.00. The van der Waals surface area contributed by atoms with Crippen LogP contribution in [-0.2, 0) is 0 Å². The van der Waals surface area contributed by atoms with Gasteiger partial charge in [0.05, 0.1) is 11.5 Å². The van der Waals surface area contributed by atoms with Crippen molar-refractivity contribution in [3.63, 3.8) is 0 Å². The van der Waals surface area contributed by atoms with E-state index in [1.165, 1.54) is 32.1 Å². The van der Waals surface area contributed by atoms with Gasteiger partial charge in [0.1, 0.15) is 0 Å². The highest BCUT2D eigenvalue weighted by Gasteiger charge is 2.35. The Morgan fingerprint density at radius 1 is 1.26 bits per heavy atom. The molecule has 0 aromatic carbocycles. The number of hydrogen-bond acceptors (Lipinski definition) is 3. The minimum atomic E-state index is -0.162. The van der Waals surface area contributed by atoms with Crippen molar-refractivity contribution in [2.45, 2.75) is 76.9 Å². The van der Waals surface area contributed by atoms with Gasteiger partial charge in [-0.2, -0.15) is 5.26 Å². The van der Waals surface area contributed by atoms with Crippen LogP contribution in [0.1, 0.15) is 58.8 Å². The van der Waals surface area contributed by atoms with Crippen LogP contribution in [-0.4, -0.2) is 36.6 Å². The Labute approximate surface area is 118 Å². The third kappa shape index (κ3) is 3.94. The monoisotopic (exact) mass is 263 g/mol. The zero-order valence-corrected chi connectivity index (χ0v) is 12.8. The summed E-state index contributed by atoms with van der Waals surface area (Å²) in [7, 11) is 2.31. The van der Waals surface area contributed by atoms with Crippen LogP contribution in [0.25, 0.3) is 0 Å². The van der Waals surface area contributed by atoms with Crippen LogP contribution in [0.5, 0.6) is 0 Å². The summed E-state index contributed by atoms with van der Waals surface area (Å²) in [6.45, 7) is 5.14.